The van der Waals surface area contributed by atoms with Gasteiger partial charge in [0.05, 0.1) is 17.9 Å². The number of rotatable bonds is 8. The van der Waals surface area contributed by atoms with Crippen molar-refractivity contribution in [2.45, 2.75) is 32.9 Å². The molecule has 168 valence electrons. The van der Waals surface area contributed by atoms with E-state index in [0.717, 1.165) is 40.3 Å². The highest BCUT2D eigenvalue weighted by molar-refractivity contribution is 14.0. The van der Waals surface area contributed by atoms with E-state index in [1.807, 2.05) is 14.0 Å². The van der Waals surface area contributed by atoms with Crippen LogP contribution in [0.4, 0.5) is 0 Å². The van der Waals surface area contributed by atoms with Gasteiger partial charge in [0, 0.05) is 50.5 Å². The summed E-state index contributed by atoms with van der Waals surface area (Å²) < 4.78 is 5.35. The zero-order valence-corrected chi connectivity index (χ0v) is 22.5. The average molecular weight is 572 g/mol. The second-order valence-corrected chi connectivity index (χ2v) is 8.89. The van der Waals surface area contributed by atoms with Crippen LogP contribution in [0.3, 0.4) is 0 Å². The van der Waals surface area contributed by atoms with Crippen molar-refractivity contribution >= 4 is 52.6 Å². The molecule has 0 amide bonds. The van der Waals surface area contributed by atoms with Crippen LogP contribution in [-0.2, 0) is 17.7 Å². The van der Waals surface area contributed by atoms with Gasteiger partial charge in [0.2, 0.25) is 0 Å². The molecule has 1 N–H and O–H groups in total. The molecule has 3 rings (SSSR count). The molecule has 2 heterocycles. The largest absolute Gasteiger partial charge is 0.375 e. The number of aromatic nitrogens is 2. The van der Waals surface area contributed by atoms with Gasteiger partial charge in [0.1, 0.15) is 16.1 Å². The number of hydrogen-bond acceptors (Lipinski definition) is 6. The summed E-state index contributed by atoms with van der Waals surface area (Å²) in [6.45, 7) is 5.58. The number of guanidine groups is 1. The van der Waals surface area contributed by atoms with Crippen LogP contribution in [0.1, 0.15) is 35.0 Å². The van der Waals surface area contributed by atoms with Gasteiger partial charge >= 0.3 is 0 Å². The SMILES string of the molecule is CN=C(NCCc1csc(-c2ccc(C)cc2)n1)N(C)Cc1csc(C(C)OC)n1.I. The molecule has 0 aliphatic rings. The van der Waals surface area contributed by atoms with E-state index in [0.29, 0.717) is 6.54 Å². The second kappa shape index (κ2) is 12.5. The number of nitrogens with zero attached hydrogens (tertiary/aromatic N) is 4. The van der Waals surface area contributed by atoms with Crippen LogP contribution in [0, 0.1) is 6.92 Å². The summed E-state index contributed by atoms with van der Waals surface area (Å²) in [5, 5.41) is 9.71. The lowest BCUT2D eigenvalue weighted by molar-refractivity contribution is 0.119. The fourth-order valence-corrected chi connectivity index (χ4v) is 4.64. The summed E-state index contributed by atoms with van der Waals surface area (Å²) >= 11 is 3.32. The summed E-state index contributed by atoms with van der Waals surface area (Å²) in [5.41, 5.74) is 4.55. The molecular formula is C22H30IN5OS2. The monoisotopic (exact) mass is 571 g/mol. The minimum atomic E-state index is 0. The lowest BCUT2D eigenvalue weighted by atomic mass is 10.2. The predicted octanol–water partition coefficient (Wildman–Crippen LogP) is 5.15. The lowest BCUT2D eigenvalue weighted by Gasteiger charge is -2.21. The number of methoxy groups -OCH3 is 1. The molecule has 2 aromatic heterocycles. The van der Waals surface area contributed by atoms with Crippen LogP contribution in [0.5, 0.6) is 0 Å². The Morgan fingerprint density at radius 1 is 1.16 bits per heavy atom. The Balaban J connectivity index is 0.00000341. The van der Waals surface area contributed by atoms with Crippen molar-refractivity contribution in [1.29, 1.82) is 0 Å². The molecule has 1 unspecified atom stereocenters. The maximum Gasteiger partial charge on any atom is 0.193 e. The van der Waals surface area contributed by atoms with Crippen molar-refractivity contribution in [2.24, 2.45) is 4.99 Å². The van der Waals surface area contributed by atoms with Gasteiger partial charge in [-0.15, -0.1) is 46.7 Å². The second-order valence-electron chi connectivity index (χ2n) is 7.15. The van der Waals surface area contributed by atoms with Crippen molar-refractivity contribution in [2.75, 3.05) is 27.7 Å². The van der Waals surface area contributed by atoms with E-state index in [1.54, 1.807) is 36.8 Å². The molecule has 1 atom stereocenters. The quantitative estimate of drug-likeness (QED) is 0.230. The molecule has 0 spiro atoms. The number of aryl methyl sites for hydroxylation is 1. The van der Waals surface area contributed by atoms with E-state index < -0.39 is 0 Å². The highest BCUT2D eigenvalue weighted by atomic mass is 127. The third-order valence-electron chi connectivity index (χ3n) is 4.76. The Morgan fingerprint density at radius 3 is 2.55 bits per heavy atom. The van der Waals surface area contributed by atoms with E-state index >= 15 is 0 Å². The van der Waals surface area contributed by atoms with Gasteiger partial charge in [-0.1, -0.05) is 29.8 Å². The predicted molar refractivity (Wildman–Crippen MR) is 142 cm³/mol. The van der Waals surface area contributed by atoms with Crippen LogP contribution < -0.4 is 5.32 Å². The summed E-state index contributed by atoms with van der Waals surface area (Å²) in [6.07, 6.45) is 0.871. The Hall–Kier alpha value is -1.56. The van der Waals surface area contributed by atoms with Crippen molar-refractivity contribution in [3.63, 3.8) is 0 Å². The van der Waals surface area contributed by atoms with Gasteiger partial charge < -0.3 is 15.0 Å². The summed E-state index contributed by atoms with van der Waals surface area (Å²) in [4.78, 5) is 15.9. The highest BCUT2D eigenvalue weighted by Gasteiger charge is 2.13. The molecule has 1 aromatic carbocycles. The fourth-order valence-electron chi connectivity index (χ4n) is 2.94. The smallest absolute Gasteiger partial charge is 0.193 e. The van der Waals surface area contributed by atoms with E-state index in [4.69, 9.17) is 9.72 Å². The first-order chi connectivity index (χ1) is 14.5. The molecule has 0 saturated heterocycles. The number of aliphatic imine (C=N–C) groups is 1. The maximum atomic E-state index is 5.35. The number of thiazole rings is 2. The molecule has 3 aromatic rings. The zero-order valence-electron chi connectivity index (χ0n) is 18.6. The number of benzene rings is 1. The third kappa shape index (κ3) is 7.23. The first kappa shape index (κ1) is 25.7. The molecule has 0 saturated carbocycles. The van der Waals surface area contributed by atoms with E-state index in [1.165, 1.54) is 11.1 Å². The number of hydrogen-bond donors (Lipinski definition) is 1. The van der Waals surface area contributed by atoms with Crippen LogP contribution in [0.2, 0.25) is 0 Å². The lowest BCUT2D eigenvalue weighted by Crippen LogP contribution is -2.39. The van der Waals surface area contributed by atoms with E-state index in [-0.39, 0.29) is 30.1 Å². The van der Waals surface area contributed by atoms with Crippen LogP contribution >= 0.6 is 46.7 Å². The standard InChI is InChI=1S/C22H29N5OS2.HI/c1-15-6-8-17(9-7-15)21-25-18(13-30-21)10-11-24-22(23-3)27(4)12-19-14-29-20(26-19)16(2)28-5;/h6-9,13-14,16H,10-12H2,1-5H3,(H,23,24);1H. The number of nitrogens with one attached hydrogen (secondary N) is 1. The fraction of sp³-hybridized carbons (Fsp3) is 0.409. The molecule has 0 radical (unpaired) electrons. The molecule has 0 bridgehead atoms. The Labute approximate surface area is 209 Å². The van der Waals surface area contributed by atoms with Crippen molar-refractivity contribution < 1.29 is 4.74 Å². The van der Waals surface area contributed by atoms with Crippen molar-refractivity contribution in [1.82, 2.24) is 20.2 Å². The number of ether oxygens (including phenoxy) is 1. The molecule has 0 fully saturated rings. The summed E-state index contributed by atoms with van der Waals surface area (Å²) in [6, 6.07) is 8.51. The number of halogens is 1. The third-order valence-corrected chi connectivity index (χ3v) is 6.75. The molecule has 6 nitrogen and oxygen atoms in total. The molecule has 0 aliphatic heterocycles. The average Bonchev–Trinajstić information content (AvgIpc) is 3.41. The van der Waals surface area contributed by atoms with Gasteiger partial charge in [-0.05, 0) is 13.8 Å². The summed E-state index contributed by atoms with van der Waals surface area (Å²) in [5.74, 6) is 0.846. The van der Waals surface area contributed by atoms with Crippen LogP contribution in [0.25, 0.3) is 10.6 Å². The maximum absolute atomic E-state index is 5.35. The topological polar surface area (TPSA) is 62.6 Å². The van der Waals surface area contributed by atoms with Crippen LogP contribution in [-0.4, -0.2) is 48.6 Å². The first-order valence-electron chi connectivity index (χ1n) is 9.90. The minimum Gasteiger partial charge on any atom is -0.375 e. The van der Waals surface area contributed by atoms with Crippen molar-refractivity contribution in [3.05, 3.63) is 57.0 Å². The molecule has 31 heavy (non-hydrogen) atoms. The van der Waals surface area contributed by atoms with E-state index in [9.17, 15) is 0 Å². The highest BCUT2D eigenvalue weighted by Crippen LogP contribution is 2.24. The molecular weight excluding hydrogens is 541 g/mol. The van der Waals surface area contributed by atoms with Gasteiger partial charge in [0.15, 0.2) is 5.96 Å². The van der Waals surface area contributed by atoms with Crippen LogP contribution in [0.15, 0.2) is 40.0 Å². The Bertz CT molecular complexity index is 970. The Kier molecular flexibility index (Phi) is 10.3. The summed E-state index contributed by atoms with van der Waals surface area (Å²) in [7, 11) is 5.53. The first-order valence-corrected chi connectivity index (χ1v) is 11.7. The van der Waals surface area contributed by atoms with Crippen molar-refractivity contribution in [3.8, 4) is 10.6 Å². The Morgan fingerprint density at radius 2 is 1.87 bits per heavy atom. The van der Waals surface area contributed by atoms with E-state index in [2.05, 4.69) is 62.1 Å². The zero-order chi connectivity index (χ0) is 21.5. The van der Waals surface area contributed by atoms with Gasteiger partial charge in [-0.3, -0.25) is 4.99 Å². The molecule has 9 heteroatoms. The normalized spacial score (nSPS) is 12.4. The molecule has 0 aliphatic carbocycles. The van der Waals surface area contributed by atoms with Gasteiger partial charge in [-0.25, -0.2) is 9.97 Å². The minimum absolute atomic E-state index is 0. The van der Waals surface area contributed by atoms with Gasteiger partial charge in [0.25, 0.3) is 0 Å². The van der Waals surface area contributed by atoms with Gasteiger partial charge in [-0.2, -0.15) is 0 Å².